The van der Waals surface area contributed by atoms with E-state index in [4.69, 9.17) is 14.6 Å². The predicted molar refractivity (Wildman–Crippen MR) is 99.5 cm³/mol. The molecule has 1 aromatic heterocycles. The minimum Gasteiger partial charge on any atom is -0.494 e. The Bertz CT molecular complexity index is 1050. The Morgan fingerprint density at radius 2 is 1.89 bits per heavy atom. The summed E-state index contributed by atoms with van der Waals surface area (Å²) < 4.78 is 25.0. The molecule has 1 aliphatic rings. The molecule has 1 N–H and O–H groups in total. The molecule has 0 spiro atoms. The maximum atomic E-state index is 14.1. The van der Waals surface area contributed by atoms with Crippen molar-refractivity contribution in [2.45, 2.75) is 19.3 Å². The third kappa shape index (κ3) is 3.38. The van der Waals surface area contributed by atoms with E-state index in [1.807, 2.05) is 0 Å². The first kappa shape index (κ1) is 17.9. The van der Waals surface area contributed by atoms with Crippen LogP contribution in [-0.4, -0.2) is 28.2 Å². The highest BCUT2D eigenvalue weighted by Crippen LogP contribution is 2.34. The molecule has 0 atom stereocenters. The number of carbonyl (C=O) groups is 1. The molecule has 0 radical (unpaired) electrons. The van der Waals surface area contributed by atoms with Crippen molar-refractivity contribution in [3.63, 3.8) is 0 Å². The summed E-state index contributed by atoms with van der Waals surface area (Å²) >= 11 is 0. The van der Waals surface area contributed by atoms with Crippen LogP contribution in [0.4, 0.5) is 4.39 Å². The molecular formula is C21H17FN2O4. The molecule has 0 unspecified atom stereocenters. The van der Waals surface area contributed by atoms with Gasteiger partial charge in [0, 0.05) is 11.1 Å². The van der Waals surface area contributed by atoms with Gasteiger partial charge in [0.1, 0.15) is 5.75 Å². The number of aryl methyl sites for hydroxylation is 1. The van der Waals surface area contributed by atoms with Crippen LogP contribution >= 0.6 is 0 Å². The van der Waals surface area contributed by atoms with Crippen LogP contribution in [0.3, 0.4) is 0 Å². The van der Waals surface area contributed by atoms with E-state index in [1.165, 1.54) is 31.4 Å². The Morgan fingerprint density at radius 1 is 1.11 bits per heavy atom. The molecule has 0 saturated carbocycles. The third-order valence-corrected chi connectivity index (χ3v) is 4.62. The number of benzene rings is 2. The van der Waals surface area contributed by atoms with Crippen molar-refractivity contribution >= 4 is 5.97 Å². The smallest absolute Gasteiger partial charge is 0.335 e. The van der Waals surface area contributed by atoms with Crippen LogP contribution in [0.25, 0.3) is 11.4 Å². The number of carboxylic acid groups (broad SMARTS) is 1. The van der Waals surface area contributed by atoms with Crippen LogP contribution in [0, 0.1) is 5.82 Å². The summed E-state index contributed by atoms with van der Waals surface area (Å²) in [4.78, 5) is 20.1. The van der Waals surface area contributed by atoms with Crippen molar-refractivity contribution in [3.05, 3.63) is 65.1 Å². The molecule has 0 amide bonds. The highest BCUT2D eigenvalue weighted by Gasteiger charge is 2.22. The van der Waals surface area contributed by atoms with Gasteiger partial charge in [-0.15, -0.1) is 0 Å². The zero-order valence-corrected chi connectivity index (χ0v) is 15.1. The largest absolute Gasteiger partial charge is 0.494 e. The topological polar surface area (TPSA) is 81.5 Å². The lowest BCUT2D eigenvalue weighted by atomic mass is 10.1. The Hall–Kier alpha value is -3.48. The first-order valence-electron chi connectivity index (χ1n) is 8.80. The van der Waals surface area contributed by atoms with Gasteiger partial charge in [-0.25, -0.2) is 14.2 Å². The zero-order chi connectivity index (χ0) is 19.7. The Balaban J connectivity index is 1.71. The predicted octanol–water partition coefficient (Wildman–Crippen LogP) is 4.27. The second-order valence-electron chi connectivity index (χ2n) is 6.41. The minimum absolute atomic E-state index is 0.153. The minimum atomic E-state index is -1.00. The number of hydrogen-bond donors (Lipinski definition) is 1. The molecule has 1 heterocycles. The normalized spacial score (nSPS) is 12.5. The van der Waals surface area contributed by atoms with Gasteiger partial charge in [0.15, 0.2) is 17.4 Å². The van der Waals surface area contributed by atoms with Crippen LogP contribution in [0.2, 0.25) is 0 Å². The fourth-order valence-corrected chi connectivity index (χ4v) is 3.19. The van der Waals surface area contributed by atoms with Crippen LogP contribution in [-0.2, 0) is 12.8 Å². The average Bonchev–Trinajstić information content (AvgIpc) is 3.17. The second kappa shape index (κ2) is 7.26. The van der Waals surface area contributed by atoms with Gasteiger partial charge < -0.3 is 14.6 Å². The van der Waals surface area contributed by atoms with Gasteiger partial charge in [-0.05, 0) is 61.7 Å². The highest BCUT2D eigenvalue weighted by molar-refractivity contribution is 5.87. The molecular weight excluding hydrogens is 363 g/mol. The summed E-state index contributed by atoms with van der Waals surface area (Å²) in [7, 11) is 1.41. The van der Waals surface area contributed by atoms with Crippen molar-refractivity contribution in [2.24, 2.45) is 0 Å². The van der Waals surface area contributed by atoms with Gasteiger partial charge in [-0.2, -0.15) is 4.98 Å². The van der Waals surface area contributed by atoms with E-state index < -0.39 is 11.8 Å². The maximum Gasteiger partial charge on any atom is 0.335 e. The Kier molecular flexibility index (Phi) is 4.65. The molecule has 0 saturated heterocycles. The number of methoxy groups -OCH3 is 1. The van der Waals surface area contributed by atoms with E-state index in [9.17, 15) is 9.18 Å². The van der Waals surface area contributed by atoms with Crippen molar-refractivity contribution in [2.75, 3.05) is 7.11 Å². The molecule has 3 aromatic rings. The van der Waals surface area contributed by atoms with Crippen LogP contribution in [0.1, 0.15) is 28.0 Å². The number of aromatic carboxylic acids is 1. The number of aromatic nitrogens is 2. The monoisotopic (exact) mass is 380 g/mol. The number of hydrogen-bond acceptors (Lipinski definition) is 5. The molecule has 2 aromatic carbocycles. The molecule has 28 heavy (non-hydrogen) atoms. The molecule has 142 valence electrons. The van der Waals surface area contributed by atoms with Crippen LogP contribution in [0.5, 0.6) is 17.4 Å². The molecule has 0 bridgehead atoms. The van der Waals surface area contributed by atoms with Gasteiger partial charge in [0.05, 0.1) is 18.4 Å². The van der Waals surface area contributed by atoms with Gasteiger partial charge in [0.2, 0.25) is 5.88 Å². The molecule has 7 heteroatoms. The maximum absolute atomic E-state index is 14.1. The lowest BCUT2D eigenvalue weighted by Gasteiger charge is -2.12. The summed E-state index contributed by atoms with van der Waals surface area (Å²) in [5, 5.41) is 9.01. The Morgan fingerprint density at radius 3 is 2.57 bits per heavy atom. The summed E-state index contributed by atoms with van der Waals surface area (Å²) in [5.74, 6) is -0.0742. The zero-order valence-electron chi connectivity index (χ0n) is 15.1. The SMILES string of the molecule is COc1ccc(-c2nc3c(c(Oc4ccc(C(=O)O)cc4)n2)CCC3)cc1F. The van der Waals surface area contributed by atoms with Crippen molar-refractivity contribution < 1.29 is 23.8 Å². The van der Waals surface area contributed by atoms with E-state index in [1.54, 1.807) is 18.2 Å². The van der Waals surface area contributed by atoms with Gasteiger partial charge >= 0.3 is 5.97 Å². The standard InChI is InChI=1S/C21H17FN2O4/c1-27-18-10-7-13(11-16(18)22)19-23-17-4-2-3-15(17)20(24-19)28-14-8-5-12(6-9-14)21(25)26/h5-11H,2-4H2,1H3,(H,25,26). The van der Waals surface area contributed by atoms with E-state index >= 15 is 0 Å². The summed E-state index contributed by atoms with van der Waals surface area (Å²) in [6.07, 6.45) is 2.55. The van der Waals surface area contributed by atoms with Crippen LogP contribution < -0.4 is 9.47 Å². The van der Waals surface area contributed by atoms with Gasteiger partial charge in [-0.3, -0.25) is 0 Å². The fourth-order valence-electron chi connectivity index (χ4n) is 3.19. The Labute approximate surface area is 160 Å². The van der Waals surface area contributed by atoms with E-state index in [2.05, 4.69) is 9.97 Å². The average molecular weight is 380 g/mol. The molecule has 1 aliphatic carbocycles. The summed E-state index contributed by atoms with van der Waals surface area (Å²) in [5.41, 5.74) is 2.52. The van der Waals surface area contributed by atoms with Gasteiger partial charge in [-0.1, -0.05) is 0 Å². The van der Waals surface area contributed by atoms with Crippen LogP contribution in [0.15, 0.2) is 42.5 Å². The van der Waals surface area contributed by atoms with Crippen molar-refractivity contribution in [1.82, 2.24) is 9.97 Å². The number of carboxylic acids is 1. The molecule has 0 aliphatic heterocycles. The van der Waals surface area contributed by atoms with E-state index in [-0.39, 0.29) is 11.3 Å². The van der Waals surface area contributed by atoms with E-state index in [0.717, 1.165) is 30.5 Å². The van der Waals surface area contributed by atoms with Gasteiger partial charge in [0.25, 0.3) is 0 Å². The molecule has 0 fully saturated rings. The van der Waals surface area contributed by atoms with E-state index in [0.29, 0.717) is 23.0 Å². The number of halogens is 1. The first-order valence-corrected chi connectivity index (χ1v) is 8.80. The van der Waals surface area contributed by atoms with Crippen molar-refractivity contribution in [1.29, 1.82) is 0 Å². The number of rotatable bonds is 5. The quantitative estimate of drug-likeness (QED) is 0.712. The fraction of sp³-hybridized carbons (Fsp3) is 0.190. The van der Waals surface area contributed by atoms with Crippen molar-refractivity contribution in [3.8, 4) is 28.8 Å². The highest BCUT2D eigenvalue weighted by atomic mass is 19.1. The number of nitrogens with zero attached hydrogens (tertiary/aromatic N) is 2. The summed E-state index contributed by atoms with van der Waals surface area (Å²) in [6.45, 7) is 0. The first-order chi connectivity index (χ1) is 13.5. The lowest BCUT2D eigenvalue weighted by Crippen LogP contribution is -2.02. The third-order valence-electron chi connectivity index (χ3n) is 4.62. The molecule has 4 rings (SSSR count). The number of fused-ring (bicyclic) bond motifs is 1. The number of ether oxygens (including phenoxy) is 2. The molecule has 6 nitrogen and oxygen atoms in total. The summed E-state index contributed by atoms with van der Waals surface area (Å²) in [6, 6.07) is 10.7. The lowest BCUT2D eigenvalue weighted by molar-refractivity contribution is 0.0697. The second-order valence-corrected chi connectivity index (χ2v) is 6.41.